The van der Waals surface area contributed by atoms with Crippen molar-refractivity contribution in [1.82, 2.24) is 5.32 Å². The first-order chi connectivity index (χ1) is 12.6. The van der Waals surface area contributed by atoms with Crippen LogP contribution >= 0.6 is 11.6 Å². The van der Waals surface area contributed by atoms with E-state index in [1.807, 2.05) is 12.1 Å². The first-order valence-electron chi connectivity index (χ1n) is 8.71. The van der Waals surface area contributed by atoms with Gasteiger partial charge in [0.1, 0.15) is 12.4 Å². The van der Waals surface area contributed by atoms with E-state index in [0.717, 1.165) is 24.2 Å². The summed E-state index contributed by atoms with van der Waals surface area (Å²) in [6.45, 7) is 0.336. The van der Waals surface area contributed by atoms with Crippen LogP contribution in [0.2, 0.25) is 5.02 Å². The van der Waals surface area contributed by atoms with E-state index in [9.17, 15) is 9.59 Å². The SMILES string of the molecule is O=C(NC1CC1)c1ccc(NC(=O)[C@H]2COc3ccc(Cl)cc3C2)cc1. The van der Waals surface area contributed by atoms with Crippen LogP contribution in [-0.4, -0.2) is 24.5 Å². The lowest BCUT2D eigenvalue weighted by Gasteiger charge is -2.24. The van der Waals surface area contributed by atoms with Crippen molar-refractivity contribution in [2.75, 3.05) is 11.9 Å². The predicted octanol–water partition coefficient (Wildman–Crippen LogP) is 3.42. The van der Waals surface area contributed by atoms with E-state index < -0.39 is 0 Å². The summed E-state index contributed by atoms with van der Waals surface area (Å²) >= 11 is 6.02. The lowest BCUT2D eigenvalue weighted by atomic mass is 9.96. The number of halogens is 1. The number of amides is 2. The van der Waals surface area contributed by atoms with Crippen LogP contribution in [0.15, 0.2) is 42.5 Å². The van der Waals surface area contributed by atoms with Gasteiger partial charge < -0.3 is 15.4 Å². The maximum absolute atomic E-state index is 12.5. The molecule has 0 aromatic heterocycles. The summed E-state index contributed by atoms with van der Waals surface area (Å²) in [6.07, 6.45) is 2.69. The van der Waals surface area contributed by atoms with Gasteiger partial charge >= 0.3 is 0 Å². The second-order valence-electron chi connectivity index (χ2n) is 6.78. The quantitative estimate of drug-likeness (QED) is 0.866. The zero-order chi connectivity index (χ0) is 18.1. The fraction of sp³-hybridized carbons (Fsp3) is 0.300. The molecule has 1 fully saturated rings. The first kappa shape index (κ1) is 16.9. The molecule has 0 saturated heterocycles. The molecule has 2 N–H and O–H groups in total. The van der Waals surface area contributed by atoms with Gasteiger partial charge in [-0.3, -0.25) is 9.59 Å². The topological polar surface area (TPSA) is 67.4 Å². The first-order valence-corrected chi connectivity index (χ1v) is 9.09. The minimum Gasteiger partial charge on any atom is -0.492 e. The van der Waals surface area contributed by atoms with E-state index >= 15 is 0 Å². The highest BCUT2D eigenvalue weighted by Gasteiger charge is 2.26. The lowest BCUT2D eigenvalue weighted by molar-refractivity contribution is -0.121. The monoisotopic (exact) mass is 370 g/mol. The summed E-state index contributed by atoms with van der Waals surface area (Å²) in [5, 5.41) is 6.47. The van der Waals surface area contributed by atoms with Crippen molar-refractivity contribution in [2.24, 2.45) is 5.92 Å². The molecule has 4 rings (SSSR count). The molecule has 5 nitrogen and oxygen atoms in total. The molecule has 134 valence electrons. The molecule has 6 heteroatoms. The number of hydrogen-bond donors (Lipinski definition) is 2. The molecule has 2 amide bonds. The number of rotatable bonds is 4. The highest BCUT2D eigenvalue weighted by molar-refractivity contribution is 6.30. The molecule has 0 radical (unpaired) electrons. The number of benzene rings is 2. The van der Waals surface area contributed by atoms with Gasteiger partial charge in [-0.15, -0.1) is 0 Å². The number of anilines is 1. The van der Waals surface area contributed by atoms with Crippen molar-refractivity contribution in [2.45, 2.75) is 25.3 Å². The summed E-state index contributed by atoms with van der Waals surface area (Å²) in [6, 6.07) is 12.7. The Kier molecular flexibility index (Phi) is 4.55. The zero-order valence-electron chi connectivity index (χ0n) is 14.1. The third-order valence-electron chi connectivity index (χ3n) is 4.63. The van der Waals surface area contributed by atoms with Crippen LogP contribution in [0.1, 0.15) is 28.8 Å². The number of ether oxygens (including phenoxy) is 1. The lowest BCUT2D eigenvalue weighted by Crippen LogP contribution is -2.32. The molecule has 26 heavy (non-hydrogen) atoms. The van der Waals surface area contributed by atoms with Gasteiger partial charge in [-0.1, -0.05) is 11.6 Å². The van der Waals surface area contributed by atoms with Crippen molar-refractivity contribution in [3.05, 3.63) is 58.6 Å². The van der Waals surface area contributed by atoms with Gasteiger partial charge in [0.25, 0.3) is 5.91 Å². The highest BCUT2D eigenvalue weighted by atomic mass is 35.5. The standard InChI is InChI=1S/C20H19ClN2O3/c21-15-3-8-18-13(10-15)9-14(11-26-18)20(25)23-16-4-1-12(2-5-16)19(24)22-17-6-7-17/h1-5,8,10,14,17H,6-7,9,11H2,(H,22,24)(H,23,25)/t14-/m1/s1. The Labute approximate surface area is 156 Å². The zero-order valence-corrected chi connectivity index (χ0v) is 14.9. The number of fused-ring (bicyclic) bond motifs is 1. The van der Waals surface area contributed by atoms with E-state index in [2.05, 4.69) is 10.6 Å². The molecule has 2 aromatic carbocycles. The van der Waals surface area contributed by atoms with Gasteiger partial charge in [0.05, 0.1) is 5.92 Å². The highest BCUT2D eigenvalue weighted by Crippen LogP contribution is 2.30. The van der Waals surface area contributed by atoms with Crippen molar-refractivity contribution in [3.63, 3.8) is 0 Å². The average molecular weight is 371 g/mol. The third kappa shape index (κ3) is 3.83. The Hall–Kier alpha value is -2.53. The number of carbonyl (C=O) groups excluding carboxylic acids is 2. The van der Waals surface area contributed by atoms with Crippen LogP contribution in [0.25, 0.3) is 0 Å². The molecule has 1 aliphatic carbocycles. The minimum atomic E-state index is -0.279. The molecule has 1 atom stereocenters. The van der Waals surface area contributed by atoms with Gasteiger partial charge in [-0.05, 0) is 67.3 Å². The van der Waals surface area contributed by atoms with Gasteiger partial charge in [0, 0.05) is 22.3 Å². The molecule has 0 bridgehead atoms. The predicted molar refractivity (Wildman–Crippen MR) is 99.7 cm³/mol. The van der Waals surface area contributed by atoms with Crippen LogP contribution in [0, 0.1) is 5.92 Å². The Morgan fingerprint density at radius 1 is 1.08 bits per heavy atom. The summed E-state index contributed by atoms with van der Waals surface area (Å²) < 4.78 is 5.67. The second-order valence-corrected chi connectivity index (χ2v) is 7.21. The van der Waals surface area contributed by atoms with Crippen LogP contribution < -0.4 is 15.4 Å². The number of hydrogen-bond acceptors (Lipinski definition) is 3. The van der Waals surface area contributed by atoms with Gasteiger partial charge in [-0.25, -0.2) is 0 Å². The van der Waals surface area contributed by atoms with Crippen LogP contribution in [0.5, 0.6) is 5.75 Å². The summed E-state index contributed by atoms with van der Waals surface area (Å²) in [5.41, 5.74) is 2.20. The Morgan fingerprint density at radius 2 is 1.85 bits per heavy atom. The Bertz CT molecular complexity index is 847. The third-order valence-corrected chi connectivity index (χ3v) is 4.86. The van der Waals surface area contributed by atoms with Crippen molar-refractivity contribution >= 4 is 29.1 Å². The van der Waals surface area contributed by atoms with Crippen molar-refractivity contribution in [3.8, 4) is 5.75 Å². The molecule has 2 aromatic rings. The molecule has 1 aliphatic heterocycles. The fourth-order valence-corrected chi connectivity index (χ4v) is 3.17. The maximum atomic E-state index is 12.5. The van der Waals surface area contributed by atoms with Crippen molar-refractivity contribution < 1.29 is 14.3 Å². The molecule has 1 saturated carbocycles. The largest absolute Gasteiger partial charge is 0.492 e. The van der Waals surface area contributed by atoms with E-state index in [1.54, 1.807) is 30.3 Å². The number of nitrogens with one attached hydrogen (secondary N) is 2. The fourth-order valence-electron chi connectivity index (χ4n) is 2.98. The van der Waals surface area contributed by atoms with Gasteiger partial charge in [-0.2, -0.15) is 0 Å². The van der Waals surface area contributed by atoms with E-state index in [-0.39, 0.29) is 17.7 Å². The molecule has 1 heterocycles. The molecular weight excluding hydrogens is 352 g/mol. The molecular formula is C20H19ClN2O3. The summed E-state index contributed by atoms with van der Waals surface area (Å²) in [7, 11) is 0. The maximum Gasteiger partial charge on any atom is 0.251 e. The average Bonchev–Trinajstić information content (AvgIpc) is 3.45. The summed E-state index contributed by atoms with van der Waals surface area (Å²) in [4.78, 5) is 24.5. The summed E-state index contributed by atoms with van der Waals surface area (Å²) in [5.74, 6) is 0.327. The molecule has 0 spiro atoms. The van der Waals surface area contributed by atoms with Crippen LogP contribution in [-0.2, 0) is 11.2 Å². The van der Waals surface area contributed by atoms with E-state index in [0.29, 0.717) is 35.3 Å². The van der Waals surface area contributed by atoms with Crippen LogP contribution in [0.3, 0.4) is 0 Å². The molecule has 0 unspecified atom stereocenters. The van der Waals surface area contributed by atoms with Gasteiger partial charge in [0.2, 0.25) is 5.91 Å². The molecule has 2 aliphatic rings. The Morgan fingerprint density at radius 3 is 2.58 bits per heavy atom. The second kappa shape index (κ2) is 7.00. The minimum absolute atomic E-state index is 0.0699. The Balaban J connectivity index is 1.38. The van der Waals surface area contributed by atoms with Gasteiger partial charge in [0.15, 0.2) is 0 Å². The smallest absolute Gasteiger partial charge is 0.251 e. The number of carbonyl (C=O) groups is 2. The van der Waals surface area contributed by atoms with Crippen LogP contribution in [0.4, 0.5) is 5.69 Å². The normalized spacial score (nSPS) is 18.4. The van der Waals surface area contributed by atoms with Crippen molar-refractivity contribution in [1.29, 1.82) is 0 Å². The van der Waals surface area contributed by atoms with E-state index in [1.165, 1.54) is 0 Å². The van der Waals surface area contributed by atoms with E-state index in [4.69, 9.17) is 16.3 Å².